The van der Waals surface area contributed by atoms with E-state index in [4.69, 9.17) is 0 Å². The van der Waals surface area contributed by atoms with Crippen molar-refractivity contribution in [3.8, 4) is 0 Å². The summed E-state index contributed by atoms with van der Waals surface area (Å²) < 4.78 is 0. The van der Waals surface area contributed by atoms with Gasteiger partial charge < -0.3 is 0 Å². The second-order valence-corrected chi connectivity index (χ2v) is 7.40. The Labute approximate surface area is 89.3 Å². The van der Waals surface area contributed by atoms with Crippen LogP contribution in [0.5, 0.6) is 0 Å². The van der Waals surface area contributed by atoms with Crippen LogP contribution < -0.4 is 0 Å². The van der Waals surface area contributed by atoms with Crippen LogP contribution in [0.2, 0.25) is 0 Å². The minimum absolute atomic E-state index is 0. The summed E-state index contributed by atoms with van der Waals surface area (Å²) in [5, 5.41) is 0. The summed E-state index contributed by atoms with van der Waals surface area (Å²) in [6.07, 6.45) is 0. The zero-order chi connectivity index (χ0) is 4.99. The first-order valence-electron chi connectivity index (χ1n) is 1.88. The fourth-order valence-electron chi connectivity index (χ4n) is 0.249. The Morgan fingerprint density at radius 2 is 1.25 bits per heavy atom. The highest BCUT2D eigenvalue weighted by Crippen LogP contribution is 2.44. The predicted molar refractivity (Wildman–Crippen MR) is 82.0 cm³/mol. The van der Waals surface area contributed by atoms with E-state index in [1.807, 2.05) is 0 Å². The molecule has 0 spiro atoms. The van der Waals surface area contributed by atoms with E-state index in [0.717, 1.165) is 8.58 Å². The van der Waals surface area contributed by atoms with Crippen molar-refractivity contribution >= 4 is 25.1 Å². The smallest absolute Gasteiger partial charge is 0.0119 e. The molecule has 86 valence electrons. The molecule has 0 N–H and O–H groups in total. The van der Waals surface area contributed by atoms with Crippen molar-refractivity contribution in [1.82, 2.24) is 0 Å². The van der Waals surface area contributed by atoms with Crippen LogP contribution in [0, 0.1) is 0 Å². The third kappa shape index (κ3) is 65.0. The molecule has 0 nitrogen and oxygen atoms in total. The van der Waals surface area contributed by atoms with Crippen LogP contribution in [-0.2, 0) is 0 Å². The minimum atomic E-state index is 0. The van der Waals surface area contributed by atoms with E-state index in [2.05, 4.69) is 22.3 Å². The maximum absolute atomic E-state index is 2.85. The van der Waals surface area contributed by atoms with Gasteiger partial charge in [-0.2, -0.15) is 0 Å². The minimum Gasteiger partial charge on any atom is -0.121 e. The number of hydrogen-bond donors (Lipinski definition) is 0. The van der Waals surface area contributed by atoms with Crippen molar-refractivity contribution in [2.75, 3.05) is 19.2 Å². The van der Waals surface area contributed by atoms with Crippen molar-refractivity contribution < 1.29 is 0 Å². The predicted octanol–water partition coefficient (Wildman–Crippen LogP) is 5.97. The van der Waals surface area contributed by atoms with Crippen molar-refractivity contribution in [3.05, 3.63) is 0 Å². The molecule has 3 unspecified atom stereocenters. The summed E-state index contributed by atoms with van der Waals surface area (Å²) in [4.78, 5) is 0. The molecule has 0 radical (unpaired) electrons. The first kappa shape index (κ1) is 50.7. The average Bonchev–Trinajstić information content (AvgIpc) is 1.35. The van der Waals surface area contributed by atoms with Gasteiger partial charge in [-0.3, -0.25) is 0 Å². The molecule has 0 bridgehead atoms. The molecule has 0 rings (SSSR count). The molecule has 12 heavy (non-hydrogen) atoms. The Bertz CT molecular complexity index is 31.0. The SMILES string of the molecule is C.C.C.C.C.C.CPCP(C)P. The number of hydrogen-bond acceptors (Lipinski definition) is 0. The van der Waals surface area contributed by atoms with Gasteiger partial charge in [-0.05, 0) is 19.2 Å². The maximum atomic E-state index is 2.85. The van der Waals surface area contributed by atoms with E-state index in [9.17, 15) is 0 Å². The normalized spacial score (nSPS) is 8.25. The second kappa shape index (κ2) is 39.6. The van der Waals surface area contributed by atoms with Crippen LogP contribution in [0.4, 0.5) is 0 Å². The highest BCUT2D eigenvalue weighted by molar-refractivity contribution is 8.15. The Morgan fingerprint density at radius 1 is 1.00 bits per heavy atom. The second-order valence-electron chi connectivity index (χ2n) is 1.27. The molecule has 0 aromatic heterocycles. The topological polar surface area (TPSA) is 0 Å². The largest absolute Gasteiger partial charge is 0.121 e. The molecule has 0 aromatic carbocycles. The van der Waals surface area contributed by atoms with Gasteiger partial charge in [0.25, 0.3) is 0 Å². The van der Waals surface area contributed by atoms with E-state index < -0.39 is 0 Å². The molecule has 0 aliphatic rings. The summed E-state index contributed by atoms with van der Waals surface area (Å²) in [6.45, 7) is 4.54. The highest BCUT2D eigenvalue weighted by Gasteiger charge is 1.84. The summed E-state index contributed by atoms with van der Waals surface area (Å²) in [6, 6.07) is 0. The third-order valence-corrected chi connectivity index (χ3v) is 5.31. The van der Waals surface area contributed by atoms with Gasteiger partial charge in [-0.1, -0.05) is 52.2 Å². The fraction of sp³-hybridized carbons (Fsp3) is 1.00. The van der Waals surface area contributed by atoms with Gasteiger partial charge in [0.15, 0.2) is 0 Å². The van der Waals surface area contributed by atoms with Gasteiger partial charge in [-0.15, -0.1) is 17.5 Å². The van der Waals surface area contributed by atoms with Crippen LogP contribution in [0.15, 0.2) is 0 Å². The van der Waals surface area contributed by atoms with E-state index in [1.54, 1.807) is 0 Å². The van der Waals surface area contributed by atoms with E-state index in [1.165, 1.54) is 5.90 Å². The van der Waals surface area contributed by atoms with Gasteiger partial charge in [0.2, 0.25) is 0 Å². The summed E-state index contributed by atoms with van der Waals surface area (Å²) in [7, 11) is 4.32. The summed E-state index contributed by atoms with van der Waals surface area (Å²) in [5.41, 5.74) is 0. The molecule has 0 saturated heterocycles. The van der Waals surface area contributed by atoms with Gasteiger partial charge in [0.1, 0.15) is 0 Å². The van der Waals surface area contributed by atoms with Gasteiger partial charge in [0.05, 0.1) is 0 Å². The molecule has 3 atom stereocenters. The molecule has 3 heteroatoms. The van der Waals surface area contributed by atoms with E-state index in [-0.39, 0.29) is 44.6 Å². The van der Waals surface area contributed by atoms with Crippen LogP contribution in [0.1, 0.15) is 44.6 Å². The molecule has 0 saturated carbocycles. The maximum Gasteiger partial charge on any atom is -0.0119 e. The van der Waals surface area contributed by atoms with E-state index >= 15 is 0 Å². The molecule has 0 amide bonds. The van der Waals surface area contributed by atoms with Crippen LogP contribution >= 0.6 is 25.1 Å². The lowest BCUT2D eigenvalue weighted by atomic mass is 11.9. The Hall–Kier alpha value is 1.29. The Balaban J connectivity index is -0.00000000833. The monoisotopic (exact) mass is 236 g/mol. The Morgan fingerprint density at radius 3 is 1.25 bits per heavy atom. The first-order valence-corrected chi connectivity index (χ1v) is 7.17. The van der Waals surface area contributed by atoms with Crippen molar-refractivity contribution in [2.45, 2.75) is 44.6 Å². The lowest BCUT2D eigenvalue weighted by molar-refractivity contribution is 2.12. The van der Waals surface area contributed by atoms with Crippen LogP contribution in [0.3, 0.4) is 0 Å². The van der Waals surface area contributed by atoms with E-state index in [0.29, 0.717) is 7.61 Å². The summed E-state index contributed by atoms with van der Waals surface area (Å²) in [5.74, 6) is 1.43. The van der Waals surface area contributed by atoms with Gasteiger partial charge in [-0.25, -0.2) is 0 Å². The third-order valence-electron chi connectivity index (χ3n) is 0.408. The molecule has 0 aliphatic heterocycles. The highest BCUT2D eigenvalue weighted by atomic mass is 32.0. The first-order chi connectivity index (χ1) is 2.77. The van der Waals surface area contributed by atoms with Crippen LogP contribution in [-0.4, -0.2) is 19.2 Å². The molecule has 0 aliphatic carbocycles. The Kier molecular flexibility index (Phi) is 167. The van der Waals surface area contributed by atoms with Crippen molar-refractivity contribution in [1.29, 1.82) is 0 Å². The van der Waals surface area contributed by atoms with Crippen molar-refractivity contribution in [3.63, 3.8) is 0 Å². The molecule has 0 fully saturated rings. The number of rotatable bonds is 2. The van der Waals surface area contributed by atoms with Crippen molar-refractivity contribution in [2.24, 2.45) is 0 Å². The molecule has 0 aromatic rings. The fourth-order valence-corrected chi connectivity index (χ4v) is 3.89. The quantitative estimate of drug-likeness (QED) is 0.518. The standard InChI is InChI=1S/C3H11P3.6CH4/c1-5-3-6(2)4;;;;;;/h5H,3-4H2,1-2H3;6*1H4. The average molecular weight is 236 g/mol. The zero-order valence-corrected chi connectivity index (χ0v) is 7.28. The molecular weight excluding hydrogens is 201 g/mol. The van der Waals surface area contributed by atoms with Gasteiger partial charge >= 0.3 is 0 Å². The molecular formula is C9H35P3. The lowest BCUT2D eigenvalue weighted by Gasteiger charge is -1.97. The van der Waals surface area contributed by atoms with Gasteiger partial charge in [0, 0.05) is 0 Å². The summed E-state index contributed by atoms with van der Waals surface area (Å²) >= 11 is 0. The van der Waals surface area contributed by atoms with Crippen LogP contribution in [0.25, 0.3) is 0 Å². The molecule has 0 heterocycles. The lowest BCUT2D eigenvalue weighted by Crippen LogP contribution is -1.57. The zero-order valence-electron chi connectivity index (χ0n) is 4.23.